The fourth-order valence-corrected chi connectivity index (χ4v) is 3.94. The van der Waals surface area contributed by atoms with Gasteiger partial charge in [0.1, 0.15) is 0 Å². The molecule has 3 aromatic rings. The summed E-state index contributed by atoms with van der Waals surface area (Å²) in [4.78, 5) is 18.2. The molecule has 144 valence electrons. The van der Waals surface area contributed by atoms with Crippen molar-refractivity contribution in [3.63, 3.8) is 0 Å². The standard InChI is InChI=1S/C22H24N4O2/c1-16(18-5-3-2-4-6-18)25-12-11-19(14-25)26-15-23-20-13-17(7-9-21(20)26)8-10-22(27)24-28/h2-10,13,15-16,19,28H,11-12,14H2,1H3,(H,24,27)/b10-8+. The van der Waals surface area contributed by atoms with Gasteiger partial charge in [-0.3, -0.25) is 14.9 Å². The lowest BCUT2D eigenvalue weighted by Crippen LogP contribution is -2.25. The van der Waals surface area contributed by atoms with Crippen molar-refractivity contribution in [1.29, 1.82) is 0 Å². The zero-order valence-corrected chi connectivity index (χ0v) is 15.8. The molecule has 1 amide bonds. The number of hydroxylamine groups is 1. The van der Waals surface area contributed by atoms with E-state index in [0.717, 1.165) is 36.1 Å². The molecular formula is C22H24N4O2. The van der Waals surface area contributed by atoms with Crippen LogP contribution in [0.2, 0.25) is 0 Å². The molecule has 2 atom stereocenters. The van der Waals surface area contributed by atoms with E-state index >= 15 is 0 Å². The summed E-state index contributed by atoms with van der Waals surface area (Å²) in [6.07, 6.45) is 5.96. The van der Waals surface area contributed by atoms with E-state index in [1.165, 1.54) is 11.6 Å². The van der Waals surface area contributed by atoms with Crippen LogP contribution >= 0.6 is 0 Å². The molecule has 0 radical (unpaired) electrons. The molecule has 1 aliphatic rings. The van der Waals surface area contributed by atoms with E-state index in [0.29, 0.717) is 12.1 Å². The second-order valence-corrected chi connectivity index (χ2v) is 7.23. The van der Waals surface area contributed by atoms with Crippen molar-refractivity contribution in [3.8, 4) is 0 Å². The second-order valence-electron chi connectivity index (χ2n) is 7.23. The molecule has 0 saturated carbocycles. The van der Waals surface area contributed by atoms with Crippen molar-refractivity contribution < 1.29 is 10.0 Å². The highest BCUT2D eigenvalue weighted by Gasteiger charge is 2.28. The predicted octanol–water partition coefficient (Wildman–Crippen LogP) is 3.56. The number of benzene rings is 2. The van der Waals surface area contributed by atoms with Crippen LogP contribution in [0.3, 0.4) is 0 Å². The van der Waals surface area contributed by atoms with Crippen LogP contribution < -0.4 is 5.48 Å². The molecule has 6 nitrogen and oxygen atoms in total. The molecule has 0 spiro atoms. The molecule has 28 heavy (non-hydrogen) atoms. The first kappa shape index (κ1) is 18.4. The number of imidazole rings is 1. The summed E-state index contributed by atoms with van der Waals surface area (Å²) in [6.45, 7) is 4.34. The van der Waals surface area contributed by atoms with E-state index < -0.39 is 5.91 Å². The van der Waals surface area contributed by atoms with E-state index in [2.05, 4.69) is 51.7 Å². The average Bonchev–Trinajstić information content (AvgIpc) is 3.38. The Morgan fingerprint density at radius 1 is 1.29 bits per heavy atom. The molecule has 0 aliphatic carbocycles. The van der Waals surface area contributed by atoms with Crippen LogP contribution in [0.4, 0.5) is 0 Å². The maximum atomic E-state index is 11.1. The lowest BCUT2D eigenvalue weighted by atomic mass is 10.1. The summed E-state index contributed by atoms with van der Waals surface area (Å²) in [5.74, 6) is -0.552. The molecule has 1 aromatic heterocycles. The Bertz CT molecular complexity index is 996. The SMILES string of the molecule is CC(c1ccccc1)N1CCC(n2cnc3cc(/C=C/C(=O)NO)ccc32)C1. The van der Waals surface area contributed by atoms with Crippen molar-refractivity contribution >= 4 is 23.0 Å². The minimum atomic E-state index is -0.552. The molecule has 0 bridgehead atoms. The van der Waals surface area contributed by atoms with E-state index in [1.54, 1.807) is 11.6 Å². The molecule has 1 aliphatic heterocycles. The highest BCUT2D eigenvalue weighted by Crippen LogP contribution is 2.31. The number of aromatic nitrogens is 2. The van der Waals surface area contributed by atoms with Crippen LogP contribution in [0, 0.1) is 0 Å². The van der Waals surface area contributed by atoms with Gasteiger partial charge in [-0.15, -0.1) is 0 Å². The van der Waals surface area contributed by atoms with E-state index in [1.807, 2.05) is 24.5 Å². The number of fused-ring (bicyclic) bond motifs is 1. The zero-order valence-electron chi connectivity index (χ0n) is 15.8. The van der Waals surface area contributed by atoms with Crippen LogP contribution in [-0.2, 0) is 4.79 Å². The minimum Gasteiger partial charge on any atom is -0.326 e. The number of nitrogens with one attached hydrogen (secondary N) is 1. The molecule has 2 unspecified atom stereocenters. The maximum Gasteiger partial charge on any atom is 0.267 e. The first-order chi connectivity index (χ1) is 13.7. The Labute approximate surface area is 164 Å². The Kier molecular flexibility index (Phi) is 5.23. The highest BCUT2D eigenvalue weighted by atomic mass is 16.5. The van der Waals surface area contributed by atoms with Crippen molar-refractivity contribution in [2.45, 2.75) is 25.4 Å². The summed E-state index contributed by atoms with van der Waals surface area (Å²) >= 11 is 0. The fraction of sp³-hybridized carbons (Fsp3) is 0.273. The Balaban J connectivity index is 1.50. The topological polar surface area (TPSA) is 70.4 Å². The number of carbonyl (C=O) groups is 1. The van der Waals surface area contributed by atoms with Crippen molar-refractivity contribution in [3.05, 3.63) is 72.1 Å². The summed E-state index contributed by atoms with van der Waals surface area (Å²) in [5, 5.41) is 8.57. The van der Waals surface area contributed by atoms with Gasteiger partial charge >= 0.3 is 0 Å². The van der Waals surface area contributed by atoms with Gasteiger partial charge in [0.25, 0.3) is 5.91 Å². The predicted molar refractivity (Wildman–Crippen MR) is 109 cm³/mol. The van der Waals surface area contributed by atoms with Crippen LogP contribution in [0.15, 0.2) is 60.9 Å². The summed E-state index contributed by atoms with van der Waals surface area (Å²) in [5.41, 5.74) is 5.81. The van der Waals surface area contributed by atoms with Crippen molar-refractivity contribution in [2.24, 2.45) is 0 Å². The average molecular weight is 376 g/mol. The van der Waals surface area contributed by atoms with Crippen LogP contribution in [0.5, 0.6) is 0 Å². The number of hydrogen-bond acceptors (Lipinski definition) is 4. The number of carbonyl (C=O) groups excluding carboxylic acids is 1. The van der Waals surface area contributed by atoms with Gasteiger partial charge in [-0.2, -0.15) is 0 Å². The molecule has 4 rings (SSSR count). The first-order valence-electron chi connectivity index (χ1n) is 9.53. The number of rotatable bonds is 5. The van der Waals surface area contributed by atoms with Gasteiger partial charge in [0.2, 0.25) is 0 Å². The van der Waals surface area contributed by atoms with E-state index in [4.69, 9.17) is 5.21 Å². The summed E-state index contributed by atoms with van der Waals surface area (Å²) in [6, 6.07) is 17.4. The van der Waals surface area contributed by atoms with E-state index in [-0.39, 0.29) is 0 Å². The highest BCUT2D eigenvalue weighted by molar-refractivity contribution is 5.91. The van der Waals surface area contributed by atoms with Gasteiger partial charge in [-0.25, -0.2) is 10.5 Å². The first-order valence-corrected chi connectivity index (χ1v) is 9.53. The van der Waals surface area contributed by atoms with Gasteiger partial charge in [0, 0.05) is 31.2 Å². The van der Waals surface area contributed by atoms with Gasteiger partial charge in [0.05, 0.1) is 17.4 Å². The Morgan fingerprint density at radius 2 is 2.11 bits per heavy atom. The van der Waals surface area contributed by atoms with Gasteiger partial charge < -0.3 is 4.57 Å². The fourth-order valence-electron chi connectivity index (χ4n) is 3.94. The molecular weight excluding hydrogens is 352 g/mol. The molecule has 2 aromatic carbocycles. The molecule has 6 heteroatoms. The maximum absolute atomic E-state index is 11.1. The second kappa shape index (κ2) is 7.96. The minimum absolute atomic E-state index is 0.399. The third-order valence-electron chi connectivity index (χ3n) is 5.55. The van der Waals surface area contributed by atoms with Crippen LogP contribution in [0.25, 0.3) is 17.1 Å². The third-order valence-corrected chi connectivity index (χ3v) is 5.55. The van der Waals surface area contributed by atoms with Crippen LogP contribution in [-0.4, -0.2) is 38.7 Å². The monoisotopic (exact) mass is 376 g/mol. The lowest BCUT2D eigenvalue weighted by Gasteiger charge is -2.25. The van der Waals surface area contributed by atoms with E-state index in [9.17, 15) is 4.79 Å². The van der Waals surface area contributed by atoms with Crippen molar-refractivity contribution in [2.75, 3.05) is 13.1 Å². The van der Waals surface area contributed by atoms with Gasteiger partial charge in [-0.1, -0.05) is 36.4 Å². The Hall–Kier alpha value is -2.96. The number of likely N-dealkylation sites (tertiary alicyclic amines) is 1. The normalized spacial score (nSPS) is 18.7. The summed E-state index contributed by atoms with van der Waals surface area (Å²) < 4.78 is 2.26. The molecule has 1 fully saturated rings. The smallest absolute Gasteiger partial charge is 0.267 e. The quantitative estimate of drug-likeness (QED) is 0.406. The molecule has 2 N–H and O–H groups in total. The van der Waals surface area contributed by atoms with Crippen molar-refractivity contribution in [1.82, 2.24) is 19.9 Å². The summed E-state index contributed by atoms with van der Waals surface area (Å²) in [7, 11) is 0. The number of hydrogen-bond donors (Lipinski definition) is 2. The zero-order chi connectivity index (χ0) is 19.5. The number of amides is 1. The third kappa shape index (κ3) is 3.69. The Morgan fingerprint density at radius 3 is 2.89 bits per heavy atom. The largest absolute Gasteiger partial charge is 0.326 e. The van der Waals surface area contributed by atoms with Gasteiger partial charge in [-0.05, 0) is 42.7 Å². The molecule has 2 heterocycles. The van der Waals surface area contributed by atoms with Crippen LogP contribution in [0.1, 0.15) is 36.6 Å². The number of nitrogens with zero attached hydrogens (tertiary/aromatic N) is 3. The van der Waals surface area contributed by atoms with Gasteiger partial charge in [0.15, 0.2) is 0 Å². The lowest BCUT2D eigenvalue weighted by molar-refractivity contribution is -0.124. The molecule has 1 saturated heterocycles.